The average molecular weight is 328 g/mol. The number of nitrogens with two attached hydrogens (primary N) is 1. The molecule has 0 bridgehead atoms. The Bertz CT molecular complexity index is 716. The molecule has 3 N–H and O–H groups in total. The molecule has 104 valence electrons. The largest absolute Gasteiger partial charge is 0.500 e. The fraction of sp³-hybridized carbons (Fsp3) is 0.333. The topological polar surface area (TPSA) is 90.7 Å². The van der Waals surface area contributed by atoms with E-state index in [9.17, 15) is 8.42 Å². The third kappa shape index (κ3) is 3.02. The van der Waals surface area contributed by atoms with Crippen molar-refractivity contribution in [3.63, 3.8) is 0 Å². The normalized spacial score (nSPS) is 23.9. The van der Waals surface area contributed by atoms with E-state index in [4.69, 9.17) is 65.4 Å². The average Bonchev–Trinajstić information content (AvgIpc) is 2.27. The van der Waals surface area contributed by atoms with E-state index in [0.29, 0.717) is 5.02 Å². The Kier molecular flexibility index (Phi) is 4.14. The van der Waals surface area contributed by atoms with Crippen LogP contribution in [0.15, 0.2) is 18.2 Å². The van der Waals surface area contributed by atoms with Gasteiger partial charge in [0.05, 0.1) is 26.6 Å². The summed E-state index contributed by atoms with van der Waals surface area (Å²) < 4.78 is 34.8. The molecule has 0 spiro atoms. The van der Waals surface area contributed by atoms with Crippen molar-refractivity contribution in [1.82, 2.24) is 4.72 Å². The minimum Gasteiger partial charge on any atom is -0.500 e. The van der Waals surface area contributed by atoms with Crippen LogP contribution in [-0.4, -0.2) is 63.9 Å². The molecule has 1 aromatic rings. The van der Waals surface area contributed by atoms with Gasteiger partial charge in [-0.2, -0.15) is 8.42 Å². The van der Waals surface area contributed by atoms with Crippen molar-refractivity contribution in [3.8, 4) is 11.5 Å². The van der Waals surface area contributed by atoms with Gasteiger partial charge < -0.3 is 9.47 Å². The summed E-state index contributed by atoms with van der Waals surface area (Å²) in [6.07, 6.45) is 0. The molecule has 0 fully saturated rings. The van der Waals surface area contributed by atoms with E-state index in [0.717, 1.165) is 0 Å². The molecule has 1 heterocycles. The van der Waals surface area contributed by atoms with Crippen LogP contribution in [-0.2, 0) is 10.2 Å². The molecule has 6 nitrogen and oxygen atoms in total. The zero-order valence-corrected chi connectivity index (χ0v) is 12.7. The van der Waals surface area contributed by atoms with Crippen LogP contribution in [0.25, 0.3) is 0 Å². The van der Waals surface area contributed by atoms with Gasteiger partial charge in [0.2, 0.25) is 0 Å². The van der Waals surface area contributed by atoms with E-state index in [1.54, 1.807) is 4.72 Å². The highest BCUT2D eigenvalue weighted by atomic mass is 35.5. The maximum atomic E-state index is 11.2. The van der Waals surface area contributed by atoms with Crippen LogP contribution in [0.3, 0.4) is 0 Å². The van der Waals surface area contributed by atoms with Crippen LogP contribution in [0.2, 0.25) is 5.02 Å². The molecule has 0 amide bonds. The lowest BCUT2D eigenvalue weighted by molar-refractivity contribution is -0.00526. The number of rotatable bonds is 3. The smallest absolute Gasteiger partial charge is 0.273 e. The van der Waals surface area contributed by atoms with E-state index in [2.05, 4.69) is 0 Å². The predicted octanol–water partition coefficient (Wildman–Crippen LogP) is -2.25. The van der Waals surface area contributed by atoms with E-state index in [1.807, 2.05) is 0 Å². The van der Waals surface area contributed by atoms with Gasteiger partial charge in [0, 0.05) is 11.1 Å². The Hall–Kier alpha value is -0.695. The molecule has 13 heteroatoms. The molecular formula is C9H6B5ClN2O4S. The molecular weight excluding hydrogens is 322 g/mol. The summed E-state index contributed by atoms with van der Waals surface area (Å²) in [6.45, 7) is 0. The molecule has 1 aromatic carbocycles. The maximum Gasteiger partial charge on any atom is 0.273 e. The van der Waals surface area contributed by atoms with Gasteiger partial charge >= 0.3 is 0 Å². The van der Waals surface area contributed by atoms with Crippen LogP contribution in [0.5, 0.6) is 11.5 Å². The molecule has 10 radical (unpaired) electrons. The molecule has 22 heavy (non-hydrogen) atoms. The minimum absolute atomic E-state index is 0.0509. The Balaban J connectivity index is 2.52. The van der Waals surface area contributed by atoms with Crippen molar-refractivity contribution in [1.29, 1.82) is 0 Å². The first-order chi connectivity index (χ1) is 9.77. The number of nitrogens with one attached hydrogen (secondary N) is 1. The second-order valence-corrected chi connectivity index (χ2v) is 6.57. The van der Waals surface area contributed by atoms with Gasteiger partial charge in [-0.1, -0.05) is 11.6 Å². The molecule has 1 atom stereocenters. The number of hydrogen-bond acceptors (Lipinski definition) is 4. The molecule has 1 aliphatic heterocycles. The van der Waals surface area contributed by atoms with Crippen LogP contribution in [0.1, 0.15) is 0 Å². The highest BCUT2D eigenvalue weighted by Crippen LogP contribution is 2.43. The second-order valence-electron chi connectivity index (χ2n) is 4.84. The lowest BCUT2D eigenvalue weighted by atomic mass is 9.35. The third-order valence-electron chi connectivity index (χ3n) is 2.96. The van der Waals surface area contributed by atoms with Crippen LogP contribution >= 0.6 is 11.6 Å². The first-order valence-electron chi connectivity index (χ1n) is 5.71. The summed E-state index contributed by atoms with van der Waals surface area (Å²) in [6, 6.07) is 4.22. The highest BCUT2D eigenvalue weighted by Gasteiger charge is 2.56. The van der Waals surface area contributed by atoms with Gasteiger partial charge in [0.25, 0.3) is 10.2 Å². The third-order valence-corrected chi connectivity index (χ3v) is 3.82. The molecule has 0 saturated heterocycles. The Labute approximate surface area is 140 Å². The summed E-state index contributed by atoms with van der Waals surface area (Å²) in [7, 11) is 24.4. The molecule has 2 rings (SSSR count). The highest BCUT2D eigenvalue weighted by molar-refractivity contribution is 7.87. The first kappa shape index (κ1) is 17.7. The molecule has 1 unspecified atom stereocenters. The van der Waals surface area contributed by atoms with Gasteiger partial charge in [-0.3, -0.25) is 0 Å². The lowest BCUT2D eigenvalue weighted by Gasteiger charge is -2.57. The number of hydrogen-bond donors (Lipinski definition) is 2. The Morgan fingerprint density at radius 1 is 1.18 bits per heavy atom. The number of benzene rings is 1. The first-order valence-corrected chi connectivity index (χ1v) is 7.63. The lowest BCUT2D eigenvalue weighted by Crippen LogP contribution is -2.80. The molecule has 0 aromatic heterocycles. The summed E-state index contributed by atoms with van der Waals surface area (Å²) in [5.41, 5.74) is -2.41. The number of ether oxygens (including phenoxy) is 2. The molecule has 0 saturated carbocycles. The van der Waals surface area contributed by atoms with E-state index < -0.39 is 26.4 Å². The predicted molar refractivity (Wildman–Crippen MR) is 85.9 cm³/mol. The maximum absolute atomic E-state index is 11.2. The standard InChI is InChI=1S/C9H6B5ClN2O4S/c10-7(8(11,12)17-22(16,18)19)9(13,14)21-6-3-4(15)1-2-5(6)20-7/h1-3,17H,(H2,16,18,19). The van der Waals surface area contributed by atoms with Gasteiger partial charge in [0.1, 0.15) is 23.5 Å². The van der Waals surface area contributed by atoms with Gasteiger partial charge in [-0.25, -0.2) is 9.86 Å². The zero-order chi connectivity index (χ0) is 17.0. The van der Waals surface area contributed by atoms with Crippen molar-refractivity contribution in [2.24, 2.45) is 5.14 Å². The minimum atomic E-state index is -4.35. The Morgan fingerprint density at radius 2 is 1.77 bits per heavy atom. The molecule has 0 aliphatic carbocycles. The van der Waals surface area contributed by atoms with Gasteiger partial charge in [-0.05, 0) is 17.5 Å². The van der Waals surface area contributed by atoms with Crippen LogP contribution < -0.4 is 19.3 Å². The fourth-order valence-electron chi connectivity index (χ4n) is 1.88. The number of fused-ring (bicyclic) bond motifs is 1. The van der Waals surface area contributed by atoms with Crippen molar-refractivity contribution < 1.29 is 17.9 Å². The molecule has 1 aliphatic rings. The summed E-state index contributed by atoms with van der Waals surface area (Å²) in [4.78, 5) is 0. The fourth-order valence-corrected chi connectivity index (χ4v) is 2.66. The van der Waals surface area contributed by atoms with Crippen molar-refractivity contribution in [2.45, 2.75) is 16.2 Å². The van der Waals surface area contributed by atoms with Gasteiger partial charge in [-0.15, -0.1) is 0 Å². The van der Waals surface area contributed by atoms with Crippen molar-refractivity contribution in [3.05, 3.63) is 23.2 Å². The Morgan fingerprint density at radius 3 is 2.32 bits per heavy atom. The summed E-state index contributed by atoms with van der Waals surface area (Å²) in [5, 5.41) is 0.345. The van der Waals surface area contributed by atoms with Crippen LogP contribution in [0, 0.1) is 0 Å². The van der Waals surface area contributed by atoms with Crippen molar-refractivity contribution in [2.75, 3.05) is 0 Å². The monoisotopic (exact) mass is 328 g/mol. The van der Waals surface area contributed by atoms with E-state index >= 15 is 0 Å². The van der Waals surface area contributed by atoms with E-state index in [1.165, 1.54) is 18.2 Å². The van der Waals surface area contributed by atoms with E-state index in [-0.39, 0.29) is 11.5 Å². The SMILES string of the molecule is [B]C([B])(NS(N)(=O)=O)C1([B])Oc2ccc(Cl)cc2OC1([B])[B]. The quantitative estimate of drug-likeness (QED) is 0.614. The van der Waals surface area contributed by atoms with Gasteiger partial charge in [0.15, 0.2) is 11.5 Å². The van der Waals surface area contributed by atoms with Crippen molar-refractivity contribution >= 4 is 61.0 Å². The summed E-state index contributed by atoms with van der Waals surface area (Å²) >= 11 is 5.81. The summed E-state index contributed by atoms with van der Waals surface area (Å²) in [5.74, 6) is 0.125. The second kappa shape index (κ2) is 5.16. The van der Waals surface area contributed by atoms with Crippen LogP contribution in [0.4, 0.5) is 0 Å². The number of halogens is 1. The zero-order valence-electron chi connectivity index (χ0n) is 11.1.